The summed E-state index contributed by atoms with van der Waals surface area (Å²) in [5.74, 6) is 0.0356. The molecule has 0 radical (unpaired) electrons. The second kappa shape index (κ2) is 6.88. The van der Waals surface area contributed by atoms with Crippen molar-refractivity contribution >= 4 is 11.9 Å². The van der Waals surface area contributed by atoms with E-state index in [2.05, 4.69) is 16.0 Å². The average Bonchev–Trinajstić information content (AvgIpc) is 3.33. The number of amides is 3. The molecule has 5 heteroatoms. The molecule has 3 aliphatic carbocycles. The summed E-state index contributed by atoms with van der Waals surface area (Å²) >= 11 is 0. The van der Waals surface area contributed by atoms with Gasteiger partial charge in [0.2, 0.25) is 5.91 Å². The van der Waals surface area contributed by atoms with Crippen molar-refractivity contribution in [1.29, 1.82) is 0 Å². The van der Waals surface area contributed by atoms with Gasteiger partial charge in [0, 0.05) is 12.1 Å². The van der Waals surface area contributed by atoms with Crippen molar-refractivity contribution in [3.63, 3.8) is 0 Å². The number of carbonyl (C=O) groups is 2. The molecule has 3 aliphatic rings. The summed E-state index contributed by atoms with van der Waals surface area (Å²) in [6.07, 6.45) is 12.7. The van der Waals surface area contributed by atoms with Crippen LogP contribution in [-0.4, -0.2) is 29.6 Å². The van der Waals surface area contributed by atoms with E-state index in [1.165, 1.54) is 19.3 Å². The van der Waals surface area contributed by atoms with E-state index in [0.29, 0.717) is 6.04 Å². The quantitative estimate of drug-likeness (QED) is 0.747. The summed E-state index contributed by atoms with van der Waals surface area (Å²) in [4.78, 5) is 25.0. The van der Waals surface area contributed by atoms with Crippen molar-refractivity contribution in [3.8, 4) is 0 Å². The van der Waals surface area contributed by atoms with Gasteiger partial charge in [0.05, 0.1) is 0 Å². The van der Waals surface area contributed by atoms with Gasteiger partial charge in [0.25, 0.3) is 0 Å². The molecule has 0 aromatic carbocycles. The minimum atomic E-state index is -0.681. The molecule has 0 heterocycles. The second-order valence-electron chi connectivity index (χ2n) is 7.32. The van der Waals surface area contributed by atoms with Crippen molar-refractivity contribution in [3.05, 3.63) is 0 Å². The lowest BCUT2D eigenvalue weighted by Crippen LogP contribution is -2.62. The summed E-state index contributed by atoms with van der Waals surface area (Å²) in [5.41, 5.74) is -0.681. The van der Waals surface area contributed by atoms with Gasteiger partial charge in [-0.05, 0) is 38.5 Å². The molecule has 22 heavy (non-hydrogen) atoms. The van der Waals surface area contributed by atoms with Gasteiger partial charge in [-0.3, -0.25) is 4.79 Å². The van der Waals surface area contributed by atoms with Crippen molar-refractivity contribution < 1.29 is 9.59 Å². The predicted octanol–water partition coefficient (Wildman–Crippen LogP) is 2.60. The zero-order chi connectivity index (χ0) is 15.4. The topological polar surface area (TPSA) is 70.2 Å². The largest absolute Gasteiger partial charge is 0.351 e. The van der Waals surface area contributed by atoms with Crippen molar-refractivity contribution in [2.75, 3.05) is 0 Å². The first-order valence-corrected chi connectivity index (χ1v) is 9.08. The van der Waals surface area contributed by atoms with Gasteiger partial charge in [-0.15, -0.1) is 0 Å². The predicted molar refractivity (Wildman–Crippen MR) is 85.5 cm³/mol. The maximum atomic E-state index is 12.6. The van der Waals surface area contributed by atoms with Crippen LogP contribution in [0.2, 0.25) is 0 Å². The Balaban J connectivity index is 1.58. The third-order valence-corrected chi connectivity index (χ3v) is 5.35. The minimum absolute atomic E-state index is 0.0356. The Kier molecular flexibility index (Phi) is 4.89. The van der Waals surface area contributed by atoms with Crippen molar-refractivity contribution in [1.82, 2.24) is 16.0 Å². The van der Waals surface area contributed by atoms with Crippen LogP contribution in [0.1, 0.15) is 77.0 Å². The standard InChI is InChI=1S/C17H29N3O2/c21-15(18-14-9-10-14)17(11-5-2-6-12-17)20-16(22)19-13-7-3-1-4-8-13/h13-14H,1-12H2,(H,18,21)(H2,19,20,22). The molecule has 5 nitrogen and oxygen atoms in total. The van der Waals surface area contributed by atoms with Crippen molar-refractivity contribution in [2.24, 2.45) is 0 Å². The van der Waals surface area contributed by atoms with Gasteiger partial charge in [-0.2, -0.15) is 0 Å². The number of hydrogen-bond donors (Lipinski definition) is 3. The van der Waals surface area contributed by atoms with Crippen LogP contribution < -0.4 is 16.0 Å². The van der Waals surface area contributed by atoms with Gasteiger partial charge in [-0.25, -0.2) is 4.79 Å². The molecule has 0 atom stereocenters. The molecule has 0 saturated heterocycles. The lowest BCUT2D eigenvalue weighted by atomic mass is 9.81. The summed E-state index contributed by atoms with van der Waals surface area (Å²) in [6.45, 7) is 0. The van der Waals surface area contributed by atoms with E-state index in [1.54, 1.807) is 0 Å². The SMILES string of the molecule is O=C(NC1CCCCC1)NC1(C(=O)NC2CC2)CCCCC1. The molecule has 0 bridgehead atoms. The summed E-state index contributed by atoms with van der Waals surface area (Å²) in [5, 5.41) is 9.23. The van der Waals surface area contributed by atoms with Crippen LogP contribution in [0.25, 0.3) is 0 Å². The monoisotopic (exact) mass is 307 g/mol. The Morgan fingerprint density at radius 3 is 1.95 bits per heavy atom. The van der Waals surface area contributed by atoms with E-state index >= 15 is 0 Å². The van der Waals surface area contributed by atoms with Crippen LogP contribution in [0.4, 0.5) is 4.79 Å². The second-order valence-corrected chi connectivity index (χ2v) is 7.32. The van der Waals surface area contributed by atoms with Gasteiger partial charge in [0.15, 0.2) is 0 Å². The summed E-state index contributed by atoms with van der Waals surface area (Å²) in [6, 6.07) is 0.468. The van der Waals surface area contributed by atoms with Crippen LogP contribution in [0.15, 0.2) is 0 Å². The third kappa shape index (κ3) is 3.93. The van der Waals surface area contributed by atoms with E-state index in [-0.39, 0.29) is 18.0 Å². The van der Waals surface area contributed by atoms with Gasteiger partial charge < -0.3 is 16.0 Å². The Morgan fingerprint density at radius 1 is 0.727 bits per heavy atom. The maximum Gasteiger partial charge on any atom is 0.315 e. The lowest BCUT2D eigenvalue weighted by molar-refractivity contribution is -0.128. The third-order valence-electron chi connectivity index (χ3n) is 5.35. The van der Waals surface area contributed by atoms with Crippen LogP contribution in [0.5, 0.6) is 0 Å². The highest BCUT2D eigenvalue weighted by Crippen LogP contribution is 2.30. The van der Waals surface area contributed by atoms with Crippen LogP contribution in [0, 0.1) is 0 Å². The molecule has 3 saturated carbocycles. The Labute approximate surface area is 133 Å². The normalized spacial score (nSPS) is 25.3. The molecular weight excluding hydrogens is 278 g/mol. The molecule has 0 unspecified atom stereocenters. The molecule has 0 aromatic heterocycles. The number of rotatable bonds is 4. The van der Waals surface area contributed by atoms with E-state index in [9.17, 15) is 9.59 Å². The minimum Gasteiger partial charge on any atom is -0.351 e. The Morgan fingerprint density at radius 2 is 1.32 bits per heavy atom. The fourth-order valence-corrected chi connectivity index (χ4v) is 3.80. The number of nitrogens with one attached hydrogen (secondary N) is 3. The molecule has 3 fully saturated rings. The molecule has 0 aromatic rings. The molecule has 0 aliphatic heterocycles. The van der Waals surface area contributed by atoms with Crippen LogP contribution in [0.3, 0.4) is 0 Å². The zero-order valence-corrected chi connectivity index (χ0v) is 13.5. The summed E-state index contributed by atoms with van der Waals surface area (Å²) < 4.78 is 0. The molecule has 124 valence electrons. The number of carbonyl (C=O) groups excluding carboxylic acids is 2. The molecule has 3 rings (SSSR count). The van der Waals surface area contributed by atoms with E-state index in [4.69, 9.17) is 0 Å². The molecule has 3 amide bonds. The Hall–Kier alpha value is -1.26. The number of urea groups is 1. The number of hydrogen-bond acceptors (Lipinski definition) is 2. The van der Waals surface area contributed by atoms with E-state index in [0.717, 1.165) is 57.8 Å². The maximum absolute atomic E-state index is 12.6. The first-order chi connectivity index (χ1) is 10.7. The lowest BCUT2D eigenvalue weighted by Gasteiger charge is -2.37. The van der Waals surface area contributed by atoms with Gasteiger partial charge >= 0.3 is 6.03 Å². The fraction of sp³-hybridized carbons (Fsp3) is 0.882. The van der Waals surface area contributed by atoms with Crippen molar-refractivity contribution in [2.45, 2.75) is 94.7 Å². The van der Waals surface area contributed by atoms with Crippen LogP contribution >= 0.6 is 0 Å². The smallest absolute Gasteiger partial charge is 0.315 e. The Bertz CT molecular complexity index is 408. The van der Waals surface area contributed by atoms with E-state index in [1.807, 2.05) is 0 Å². The molecule has 3 N–H and O–H groups in total. The highest BCUT2D eigenvalue weighted by Gasteiger charge is 2.42. The highest BCUT2D eigenvalue weighted by atomic mass is 16.2. The fourth-order valence-electron chi connectivity index (χ4n) is 3.80. The van der Waals surface area contributed by atoms with E-state index < -0.39 is 5.54 Å². The van der Waals surface area contributed by atoms with Gasteiger partial charge in [0.1, 0.15) is 5.54 Å². The first-order valence-electron chi connectivity index (χ1n) is 9.08. The zero-order valence-electron chi connectivity index (χ0n) is 13.5. The molecular formula is C17H29N3O2. The average molecular weight is 307 g/mol. The highest BCUT2D eigenvalue weighted by molar-refractivity contribution is 5.91. The van der Waals surface area contributed by atoms with Gasteiger partial charge in [-0.1, -0.05) is 38.5 Å². The summed E-state index contributed by atoms with van der Waals surface area (Å²) in [7, 11) is 0. The molecule has 0 spiro atoms. The first kappa shape index (κ1) is 15.6. The van der Waals surface area contributed by atoms with Crippen LogP contribution in [-0.2, 0) is 4.79 Å².